The van der Waals surface area contributed by atoms with Gasteiger partial charge in [0.15, 0.2) is 11.5 Å². The van der Waals surface area contributed by atoms with Crippen LogP contribution < -0.4 is 19.5 Å². The molecule has 1 rings (SSSR count). The maximum atomic E-state index is 5.37. The van der Waals surface area contributed by atoms with Crippen molar-refractivity contribution in [1.29, 1.82) is 0 Å². The third kappa shape index (κ3) is 7.79. The normalized spacial score (nSPS) is 9.92. The van der Waals surface area contributed by atoms with Crippen LogP contribution in [0.4, 0.5) is 0 Å². The summed E-state index contributed by atoms with van der Waals surface area (Å²) in [5.74, 6) is 2.03. The molecular formula is C17H32Cl2N2O3. The molecule has 0 radical (unpaired) electrons. The number of methoxy groups -OCH3 is 3. The van der Waals surface area contributed by atoms with Crippen molar-refractivity contribution in [3.05, 3.63) is 17.7 Å². The van der Waals surface area contributed by atoms with E-state index in [1.54, 1.807) is 21.3 Å². The molecule has 0 unspecified atom stereocenters. The molecule has 0 fully saturated rings. The largest absolute Gasteiger partial charge is 0.493 e. The quantitative estimate of drug-likeness (QED) is 0.594. The predicted molar refractivity (Wildman–Crippen MR) is 105 cm³/mol. The zero-order valence-corrected chi connectivity index (χ0v) is 17.0. The maximum Gasteiger partial charge on any atom is 0.203 e. The second-order valence-corrected chi connectivity index (χ2v) is 5.09. The lowest BCUT2D eigenvalue weighted by molar-refractivity contribution is 0.298. The van der Waals surface area contributed by atoms with Crippen LogP contribution in [0.3, 0.4) is 0 Å². The van der Waals surface area contributed by atoms with Crippen LogP contribution in [-0.2, 0) is 6.54 Å². The summed E-state index contributed by atoms with van der Waals surface area (Å²) in [5, 5.41) is 3.47. The molecule has 0 saturated heterocycles. The zero-order chi connectivity index (χ0) is 16.4. The number of hydrogen-bond donors (Lipinski definition) is 1. The summed E-state index contributed by atoms with van der Waals surface area (Å²) in [6.45, 7) is 9.55. The van der Waals surface area contributed by atoms with Gasteiger partial charge in [-0.1, -0.05) is 13.8 Å². The van der Waals surface area contributed by atoms with Crippen LogP contribution in [0.2, 0.25) is 0 Å². The van der Waals surface area contributed by atoms with E-state index in [2.05, 4.69) is 24.1 Å². The van der Waals surface area contributed by atoms with Crippen molar-refractivity contribution >= 4 is 24.8 Å². The fourth-order valence-electron chi connectivity index (χ4n) is 2.44. The second-order valence-electron chi connectivity index (χ2n) is 5.09. The average molecular weight is 383 g/mol. The van der Waals surface area contributed by atoms with E-state index in [0.717, 1.165) is 44.7 Å². The molecule has 0 amide bonds. The monoisotopic (exact) mass is 382 g/mol. The van der Waals surface area contributed by atoms with E-state index in [9.17, 15) is 0 Å². The molecule has 0 saturated carbocycles. The van der Waals surface area contributed by atoms with Crippen LogP contribution in [0.15, 0.2) is 12.1 Å². The van der Waals surface area contributed by atoms with Gasteiger partial charge in [-0.25, -0.2) is 0 Å². The van der Waals surface area contributed by atoms with Gasteiger partial charge in [-0.2, -0.15) is 0 Å². The Balaban J connectivity index is 0. The number of ether oxygens (including phenoxy) is 3. The Hall–Kier alpha value is -0.880. The summed E-state index contributed by atoms with van der Waals surface area (Å²) in [5.41, 5.74) is 1.12. The molecule has 5 nitrogen and oxygen atoms in total. The van der Waals surface area contributed by atoms with Crippen molar-refractivity contribution < 1.29 is 14.2 Å². The third-order valence-corrected chi connectivity index (χ3v) is 3.78. The lowest BCUT2D eigenvalue weighted by atomic mass is 10.1. The van der Waals surface area contributed by atoms with E-state index >= 15 is 0 Å². The van der Waals surface area contributed by atoms with Crippen molar-refractivity contribution in [3.63, 3.8) is 0 Å². The van der Waals surface area contributed by atoms with Crippen LogP contribution in [0, 0.1) is 0 Å². The van der Waals surface area contributed by atoms with E-state index in [1.165, 1.54) is 0 Å². The highest BCUT2D eigenvalue weighted by molar-refractivity contribution is 5.85. The third-order valence-electron chi connectivity index (χ3n) is 3.78. The molecule has 7 heteroatoms. The standard InChI is InChI=1S/C17H30N2O3.2ClH/c1-6-19(7-2)10-8-9-18-13-14-11-15(20-3)17(22-5)16(12-14)21-4;;/h11-12,18H,6-10,13H2,1-5H3;2*1H. The highest BCUT2D eigenvalue weighted by atomic mass is 35.5. The fraction of sp³-hybridized carbons (Fsp3) is 0.647. The van der Waals surface area contributed by atoms with Gasteiger partial charge in [-0.05, 0) is 50.3 Å². The highest BCUT2D eigenvalue weighted by Gasteiger charge is 2.12. The summed E-state index contributed by atoms with van der Waals surface area (Å²) in [7, 11) is 4.89. The molecule has 0 aliphatic rings. The van der Waals surface area contributed by atoms with Gasteiger partial charge < -0.3 is 24.4 Å². The van der Waals surface area contributed by atoms with Gasteiger partial charge in [0.25, 0.3) is 0 Å². The molecule has 1 aromatic rings. The van der Waals surface area contributed by atoms with Crippen molar-refractivity contribution in [2.24, 2.45) is 0 Å². The Morgan fingerprint density at radius 2 is 1.46 bits per heavy atom. The highest BCUT2D eigenvalue weighted by Crippen LogP contribution is 2.38. The number of halogens is 2. The second kappa shape index (κ2) is 14.5. The molecular weight excluding hydrogens is 351 g/mol. The lowest BCUT2D eigenvalue weighted by Gasteiger charge is -2.18. The van der Waals surface area contributed by atoms with Crippen molar-refractivity contribution in [1.82, 2.24) is 10.2 Å². The van der Waals surface area contributed by atoms with Crippen LogP contribution in [0.1, 0.15) is 25.8 Å². The molecule has 0 spiro atoms. The number of nitrogens with zero attached hydrogens (tertiary/aromatic N) is 1. The molecule has 0 aromatic heterocycles. The number of rotatable bonds is 11. The molecule has 24 heavy (non-hydrogen) atoms. The van der Waals surface area contributed by atoms with Crippen LogP contribution in [0.5, 0.6) is 17.2 Å². The Bertz CT molecular complexity index is 419. The summed E-state index contributed by atoms with van der Waals surface area (Å²) >= 11 is 0. The van der Waals surface area contributed by atoms with Gasteiger partial charge >= 0.3 is 0 Å². The smallest absolute Gasteiger partial charge is 0.203 e. The molecule has 1 N–H and O–H groups in total. The molecule has 0 aliphatic carbocycles. The van der Waals surface area contributed by atoms with Crippen molar-refractivity contribution in [2.45, 2.75) is 26.8 Å². The predicted octanol–water partition coefficient (Wildman–Crippen LogP) is 3.38. The lowest BCUT2D eigenvalue weighted by Crippen LogP contribution is -2.27. The first-order valence-corrected chi connectivity index (χ1v) is 7.92. The summed E-state index contributed by atoms with van der Waals surface area (Å²) in [4.78, 5) is 2.43. The SMILES string of the molecule is CCN(CC)CCCNCc1cc(OC)c(OC)c(OC)c1.Cl.Cl. The first-order chi connectivity index (χ1) is 10.7. The molecule has 0 aliphatic heterocycles. The minimum atomic E-state index is 0. The topological polar surface area (TPSA) is 43.0 Å². The van der Waals surface area contributed by atoms with Gasteiger partial charge in [0, 0.05) is 6.54 Å². The number of hydrogen-bond acceptors (Lipinski definition) is 5. The maximum absolute atomic E-state index is 5.37. The Kier molecular flexibility index (Phi) is 15.3. The summed E-state index contributed by atoms with van der Waals surface area (Å²) in [6.07, 6.45) is 1.14. The Morgan fingerprint density at radius 1 is 0.917 bits per heavy atom. The fourth-order valence-corrected chi connectivity index (χ4v) is 2.44. The van der Waals surface area contributed by atoms with Crippen LogP contribution >= 0.6 is 24.8 Å². The summed E-state index contributed by atoms with van der Waals surface area (Å²) in [6, 6.07) is 3.97. The van der Waals surface area contributed by atoms with Gasteiger partial charge in [-0.3, -0.25) is 0 Å². The van der Waals surface area contributed by atoms with E-state index in [0.29, 0.717) is 17.2 Å². The van der Waals surface area contributed by atoms with Gasteiger partial charge in [0.05, 0.1) is 21.3 Å². The Morgan fingerprint density at radius 3 is 1.88 bits per heavy atom. The number of nitrogens with one attached hydrogen (secondary N) is 1. The average Bonchev–Trinajstić information content (AvgIpc) is 2.56. The van der Waals surface area contributed by atoms with Crippen LogP contribution in [0.25, 0.3) is 0 Å². The van der Waals surface area contributed by atoms with Gasteiger partial charge in [0.2, 0.25) is 5.75 Å². The van der Waals surface area contributed by atoms with E-state index in [-0.39, 0.29) is 24.8 Å². The first kappa shape index (κ1) is 25.4. The van der Waals surface area contributed by atoms with E-state index < -0.39 is 0 Å². The molecule has 0 atom stereocenters. The summed E-state index contributed by atoms with van der Waals surface area (Å²) < 4.78 is 16.1. The molecule has 1 aromatic carbocycles. The van der Waals surface area contributed by atoms with E-state index in [1.807, 2.05) is 12.1 Å². The van der Waals surface area contributed by atoms with Gasteiger partial charge in [0.1, 0.15) is 0 Å². The minimum absolute atomic E-state index is 0. The van der Waals surface area contributed by atoms with Gasteiger partial charge in [-0.15, -0.1) is 24.8 Å². The van der Waals surface area contributed by atoms with Crippen LogP contribution in [-0.4, -0.2) is 52.4 Å². The van der Waals surface area contributed by atoms with E-state index in [4.69, 9.17) is 14.2 Å². The molecule has 142 valence electrons. The molecule has 0 bridgehead atoms. The minimum Gasteiger partial charge on any atom is -0.493 e. The van der Waals surface area contributed by atoms with Crippen molar-refractivity contribution in [3.8, 4) is 17.2 Å². The number of benzene rings is 1. The molecule has 0 heterocycles. The Labute approximate surface area is 158 Å². The zero-order valence-electron chi connectivity index (χ0n) is 15.4. The first-order valence-electron chi connectivity index (χ1n) is 7.92. The van der Waals surface area contributed by atoms with Crippen molar-refractivity contribution in [2.75, 3.05) is 47.5 Å².